The summed E-state index contributed by atoms with van der Waals surface area (Å²) in [7, 11) is 1.59. The average molecular weight is 251 g/mol. The number of hydrogen-bond acceptors (Lipinski definition) is 2. The van der Waals surface area contributed by atoms with Crippen LogP contribution in [0.4, 0.5) is 0 Å². The molecule has 1 fully saturated rings. The van der Waals surface area contributed by atoms with Crippen molar-refractivity contribution in [2.75, 3.05) is 7.11 Å². The second kappa shape index (κ2) is 4.63. The van der Waals surface area contributed by atoms with Crippen molar-refractivity contribution < 1.29 is 9.53 Å². The normalized spacial score (nSPS) is 26.8. The molecule has 0 spiro atoms. The van der Waals surface area contributed by atoms with E-state index in [9.17, 15) is 4.79 Å². The van der Waals surface area contributed by atoms with Gasteiger partial charge in [-0.05, 0) is 49.1 Å². The Morgan fingerprint density at radius 1 is 1.35 bits per heavy atom. The predicted molar refractivity (Wildman–Crippen MR) is 69.1 cm³/mol. The zero-order valence-corrected chi connectivity index (χ0v) is 10.8. The Bertz CT molecular complexity index is 462. The van der Waals surface area contributed by atoms with E-state index in [0.29, 0.717) is 5.02 Å². The monoisotopic (exact) mass is 250 g/mol. The highest BCUT2D eigenvalue weighted by Crippen LogP contribution is 2.34. The molecule has 1 unspecified atom stereocenters. The van der Waals surface area contributed by atoms with Gasteiger partial charge in [-0.1, -0.05) is 23.7 Å². The van der Waals surface area contributed by atoms with E-state index in [0.717, 1.165) is 24.0 Å². The van der Waals surface area contributed by atoms with Gasteiger partial charge in [-0.15, -0.1) is 0 Å². The second-order valence-corrected chi connectivity index (χ2v) is 4.92. The summed E-state index contributed by atoms with van der Waals surface area (Å²) in [6.07, 6.45) is 3.44. The first kappa shape index (κ1) is 12.3. The van der Waals surface area contributed by atoms with Gasteiger partial charge in [-0.3, -0.25) is 4.79 Å². The first-order chi connectivity index (χ1) is 8.05. The Morgan fingerprint density at radius 3 is 2.53 bits per heavy atom. The molecule has 1 aliphatic rings. The molecule has 0 heterocycles. The number of hydrogen-bond donors (Lipinski definition) is 0. The van der Waals surface area contributed by atoms with Crippen molar-refractivity contribution >= 4 is 23.5 Å². The van der Waals surface area contributed by atoms with Crippen molar-refractivity contribution in [2.45, 2.75) is 25.4 Å². The lowest BCUT2D eigenvalue weighted by molar-refractivity contribution is -0.132. The Kier molecular flexibility index (Phi) is 3.36. The standard InChI is InChI=1S/C14H15ClO2/c1-14(17-2)8-7-11(13(14)16)9-10-3-5-12(15)6-4-10/h3-6,9H,7-8H2,1-2H3. The van der Waals surface area contributed by atoms with Gasteiger partial charge in [0, 0.05) is 12.1 Å². The Morgan fingerprint density at radius 2 is 2.00 bits per heavy atom. The minimum absolute atomic E-state index is 0.0925. The highest BCUT2D eigenvalue weighted by Gasteiger charge is 2.40. The smallest absolute Gasteiger partial charge is 0.190 e. The van der Waals surface area contributed by atoms with Crippen LogP contribution in [0.2, 0.25) is 5.02 Å². The van der Waals surface area contributed by atoms with Crippen LogP contribution in [-0.2, 0) is 9.53 Å². The molecule has 0 bridgehead atoms. The molecule has 0 N–H and O–H groups in total. The number of carbonyl (C=O) groups excluding carboxylic acids is 1. The summed E-state index contributed by atoms with van der Waals surface area (Å²) < 4.78 is 5.29. The van der Waals surface area contributed by atoms with Gasteiger partial charge in [-0.25, -0.2) is 0 Å². The van der Waals surface area contributed by atoms with Crippen LogP contribution in [0.5, 0.6) is 0 Å². The summed E-state index contributed by atoms with van der Waals surface area (Å²) in [5.74, 6) is 0.0925. The van der Waals surface area contributed by atoms with Crippen LogP contribution >= 0.6 is 11.6 Å². The number of ether oxygens (including phenoxy) is 1. The largest absolute Gasteiger partial charge is 0.370 e. The van der Waals surface area contributed by atoms with Gasteiger partial charge in [0.05, 0.1) is 0 Å². The van der Waals surface area contributed by atoms with Crippen LogP contribution in [-0.4, -0.2) is 18.5 Å². The molecule has 1 aliphatic carbocycles. The van der Waals surface area contributed by atoms with Crippen LogP contribution in [0.15, 0.2) is 29.8 Å². The summed E-state index contributed by atoms with van der Waals surface area (Å²) >= 11 is 5.82. The van der Waals surface area contributed by atoms with E-state index < -0.39 is 5.60 Å². The summed E-state index contributed by atoms with van der Waals surface area (Å²) in [5.41, 5.74) is 1.19. The van der Waals surface area contributed by atoms with Gasteiger partial charge in [-0.2, -0.15) is 0 Å². The Balaban J connectivity index is 2.25. The molecule has 1 aromatic carbocycles. The van der Waals surface area contributed by atoms with E-state index in [-0.39, 0.29) is 5.78 Å². The highest BCUT2D eigenvalue weighted by molar-refractivity contribution is 6.30. The second-order valence-electron chi connectivity index (χ2n) is 4.49. The van der Waals surface area contributed by atoms with Crippen molar-refractivity contribution in [3.63, 3.8) is 0 Å². The van der Waals surface area contributed by atoms with E-state index in [1.165, 1.54) is 0 Å². The fourth-order valence-corrected chi connectivity index (χ4v) is 2.16. The van der Waals surface area contributed by atoms with E-state index in [1.54, 1.807) is 7.11 Å². The van der Waals surface area contributed by atoms with Crippen LogP contribution < -0.4 is 0 Å². The number of methoxy groups -OCH3 is 1. The molecule has 0 saturated heterocycles. The van der Waals surface area contributed by atoms with Gasteiger partial charge >= 0.3 is 0 Å². The number of Topliss-reactive ketones (excluding diaryl/α,β-unsaturated/α-hetero) is 1. The quantitative estimate of drug-likeness (QED) is 0.751. The molecule has 0 radical (unpaired) electrons. The van der Waals surface area contributed by atoms with Crippen molar-refractivity contribution in [1.29, 1.82) is 0 Å². The van der Waals surface area contributed by atoms with Crippen LogP contribution in [0.25, 0.3) is 6.08 Å². The van der Waals surface area contributed by atoms with E-state index in [2.05, 4.69) is 0 Å². The number of benzene rings is 1. The molecular formula is C14H15ClO2. The maximum atomic E-state index is 12.1. The molecule has 0 aromatic heterocycles. The minimum atomic E-state index is -0.641. The number of rotatable bonds is 2. The Hall–Kier alpha value is -1.12. The van der Waals surface area contributed by atoms with E-state index in [1.807, 2.05) is 37.3 Å². The molecule has 1 saturated carbocycles. The van der Waals surface area contributed by atoms with Crippen molar-refractivity contribution in [3.05, 3.63) is 40.4 Å². The van der Waals surface area contributed by atoms with Crippen LogP contribution in [0.1, 0.15) is 25.3 Å². The molecule has 2 nitrogen and oxygen atoms in total. The van der Waals surface area contributed by atoms with Gasteiger partial charge in [0.25, 0.3) is 0 Å². The summed E-state index contributed by atoms with van der Waals surface area (Å²) in [6.45, 7) is 1.85. The molecule has 3 heteroatoms. The first-order valence-electron chi connectivity index (χ1n) is 5.61. The molecule has 0 amide bonds. The zero-order valence-electron chi connectivity index (χ0n) is 10.00. The number of ketones is 1. The molecular weight excluding hydrogens is 236 g/mol. The summed E-state index contributed by atoms with van der Waals surface area (Å²) in [4.78, 5) is 12.1. The maximum absolute atomic E-state index is 12.1. The van der Waals surface area contributed by atoms with E-state index >= 15 is 0 Å². The third-order valence-corrected chi connectivity index (χ3v) is 3.56. The van der Waals surface area contributed by atoms with E-state index in [4.69, 9.17) is 16.3 Å². The predicted octanol–water partition coefficient (Wildman–Crippen LogP) is 3.49. The zero-order chi connectivity index (χ0) is 12.5. The minimum Gasteiger partial charge on any atom is -0.370 e. The van der Waals surface area contributed by atoms with Crippen molar-refractivity contribution in [2.24, 2.45) is 0 Å². The lowest BCUT2D eigenvalue weighted by Crippen LogP contribution is -2.32. The molecule has 1 atom stereocenters. The number of halogens is 1. The fraction of sp³-hybridized carbons (Fsp3) is 0.357. The average Bonchev–Trinajstić information content (AvgIpc) is 2.61. The van der Waals surface area contributed by atoms with Gasteiger partial charge < -0.3 is 4.74 Å². The Labute approximate surface area is 106 Å². The third-order valence-electron chi connectivity index (χ3n) is 3.30. The molecule has 17 heavy (non-hydrogen) atoms. The van der Waals surface area contributed by atoms with Crippen LogP contribution in [0.3, 0.4) is 0 Å². The van der Waals surface area contributed by atoms with Crippen LogP contribution in [0, 0.1) is 0 Å². The summed E-state index contributed by atoms with van der Waals surface area (Å²) in [6, 6.07) is 7.46. The van der Waals surface area contributed by atoms with Crippen molar-refractivity contribution in [3.8, 4) is 0 Å². The van der Waals surface area contributed by atoms with Gasteiger partial charge in [0.15, 0.2) is 5.78 Å². The molecule has 0 aliphatic heterocycles. The fourth-order valence-electron chi connectivity index (χ4n) is 2.03. The van der Waals surface area contributed by atoms with Gasteiger partial charge in [0.1, 0.15) is 5.60 Å². The highest BCUT2D eigenvalue weighted by atomic mass is 35.5. The third kappa shape index (κ3) is 2.43. The number of carbonyl (C=O) groups is 1. The van der Waals surface area contributed by atoms with Crippen molar-refractivity contribution in [1.82, 2.24) is 0 Å². The maximum Gasteiger partial charge on any atom is 0.190 e. The lowest BCUT2D eigenvalue weighted by Gasteiger charge is -2.18. The first-order valence-corrected chi connectivity index (χ1v) is 5.99. The topological polar surface area (TPSA) is 26.3 Å². The lowest BCUT2D eigenvalue weighted by atomic mass is 10.0. The SMILES string of the molecule is COC1(C)CCC(=Cc2ccc(Cl)cc2)C1=O. The molecule has 2 rings (SSSR count). The van der Waals surface area contributed by atoms with Gasteiger partial charge in [0.2, 0.25) is 0 Å². The molecule has 90 valence electrons. The molecule has 1 aromatic rings. The summed E-state index contributed by atoms with van der Waals surface area (Å²) in [5, 5.41) is 0.701.